The first kappa shape index (κ1) is 18.1. The lowest BCUT2D eigenvalue weighted by atomic mass is 9.97. The Morgan fingerprint density at radius 2 is 1.39 bits per heavy atom. The lowest BCUT2D eigenvalue weighted by Gasteiger charge is -2.32. The number of aryl methyl sites for hydroxylation is 1. The van der Waals surface area contributed by atoms with Crippen LogP contribution in [0.25, 0.3) is 6.20 Å². The number of hydrogen-bond donors (Lipinski definition) is 0. The second-order valence-electron chi connectivity index (χ2n) is 6.90. The minimum atomic E-state index is 0.0502. The molecule has 0 unspecified atom stereocenters. The van der Waals surface area contributed by atoms with Crippen LogP contribution >= 0.6 is 0 Å². The maximum absolute atomic E-state index is 5.33. The average molecular weight is 372 g/mol. The zero-order valence-corrected chi connectivity index (χ0v) is 16.4. The van der Waals surface area contributed by atoms with E-state index in [1.165, 1.54) is 16.7 Å². The van der Waals surface area contributed by atoms with Crippen molar-refractivity contribution in [3.63, 3.8) is 0 Å². The number of hydrogen-bond acceptors (Lipinski definition) is 4. The van der Waals surface area contributed by atoms with Crippen LogP contribution in [0.5, 0.6) is 11.5 Å². The van der Waals surface area contributed by atoms with E-state index in [0.29, 0.717) is 6.67 Å². The van der Waals surface area contributed by atoms with Gasteiger partial charge in [-0.1, -0.05) is 42.5 Å². The largest absolute Gasteiger partial charge is 0.497 e. The van der Waals surface area contributed by atoms with E-state index >= 15 is 0 Å². The maximum atomic E-state index is 5.33. The van der Waals surface area contributed by atoms with Crippen molar-refractivity contribution in [2.24, 2.45) is 4.99 Å². The van der Waals surface area contributed by atoms with Crippen molar-refractivity contribution in [2.75, 3.05) is 20.9 Å². The molecule has 0 spiro atoms. The molecular weight excluding hydrogens is 348 g/mol. The van der Waals surface area contributed by atoms with Crippen molar-refractivity contribution in [3.8, 4) is 11.5 Å². The molecule has 3 aromatic rings. The summed E-state index contributed by atoms with van der Waals surface area (Å²) in [7, 11) is 3.37. The van der Waals surface area contributed by atoms with E-state index in [4.69, 9.17) is 14.5 Å². The third kappa shape index (κ3) is 3.46. The fourth-order valence-electron chi connectivity index (χ4n) is 3.68. The van der Waals surface area contributed by atoms with Crippen molar-refractivity contribution >= 4 is 6.20 Å². The zero-order chi connectivity index (χ0) is 19.5. The molecular formula is C24H24N2O2. The second-order valence-corrected chi connectivity index (χ2v) is 6.90. The van der Waals surface area contributed by atoms with E-state index in [0.717, 1.165) is 22.1 Å². The summed E-state index contributed by atoms with van der Waals surface area (Å²) in [6, 6.07) is 22.9. The lowest BCUT2D eigenvalue weighted by Crippen LogP contribution is -2.39. The number of para-hydroxylation sites is 1. The van der Waals surface area contributed by atoms with Crippen LogP contribution in [-0.4, -0.2) is 25.8 Å². The lowest BCUT2D eigenvalue weighted by molar-refractivity contribution is 0.349. The molecule has 4 nitrogen and oxygen atoms in total. The normalized spacial score (nSPS) is 12.8. The van der Waals surface area contributed by atoms with Gasteiger partial charge in [0.15, 0.2) is 0 Å². The molecule has 0 saturated carbocycles. The number of rotatable bonds is 5. The second kappa shape index (κ2) is 7.77. The predicted molar refractivity (Wildman–Crippen MR) is 111 cm³/mol. The summed E-state index contributed by atoms with van der Waals surface area (Å²) in [5, 5.41) is 2.24. The van der Waals surface area contributed by atoms with Gasteiger partial charge in [0.25, 0.3) is 0 Å². The topological polar surface area (TPSA) is 34.1 Å². The van der Waals surface area contributed by atoms with Gasteiger partial charge in [-0.15, -0.1) is 0 Å². The molecule has 1 aliphatic heterocycles. The van der Waals surface area contributed by atoms with Gasteiger partial charge in [-0.25, -0.2) is 0 Å². The van der Waals surface area contributed by atoms with Crippen molar-refractivity contribution < 1.29 is 9.47 Å². The van der Waals surface area contributed by atoms with E-state index in [1.54, 1.807) is 14.2 Å². The first-order chi connectivity index (χ1) is 13.7. The van der Waals surface area contributed by atoms with Gasteiger partial charge in [-0.05, 0) is 47.9 Å². The molecule has 0 aliphatic carbocycles. The molecule has 1 heterocycles. The quantitative estimate of drug-likeness (QED) is 0.688. The molecule has 0 radical (unpaired) electrons. The Bertz CT molecular complexity index is 1030. The third-order valence-corrected chi connectivity index (χ3v) is 5.16. The van der Waals surface area contributed by atoms with Gasteiger partial charge in [0.2, 0.25) is 0 Å². The summed E-state index contributed by atoms with van der Waals surface area (Å²) in [6.45, 7) is 2.72. The fourth-order valence-corrected chi connectivity index (χ4v) is 3.68. The molecule has 0 bridgehead atoms. The smallest absolute Gasteiger partial charge is 0.118 e. The number of nitrogens with zero attached hydrogens (tertiary/aromatic N) is 2. The standard InChI is InChI=1S/C24H24N2O2/c1-17-5-4-6-20-15-26(16-25-23(17)20)24(18-7-11-21(27-2)12-8-18)19-9-13-22(28-3)14-10-19/h4-15,24H,16H2,1-3H3. The number of benzene rings is 3. The summed E-state index contributed by atoms with van der Waals surface area (Å²) < 4.78 is 10.7. The average Bonchev–Trinajstić information content (AvgIpc) is 2.75. The van der Waals surface area contributed by atoms with Crippen LogP contribution in [-0.2, 0) is 0 Å². The number of ether oxygens (including phenoxy) is 2. The van der Waals surface area contributed by atoms with E-state index in [9.17, 15) is 0 Å². The summed E-state index contributed by atoms with van der Waals surface area (Å²) >= 11 is 0. The van der Waals surface area contributed by atoms with Crippen LogP contribution in [0.1, 0.15) is 22.7 Å². The molecule has 4 heteroatoms. The highest BCUT2D eigenvalue weighted by atomic mass is 16.5. The summed E-state index contributed by atoms with van der Waals surface area (Å²) in [5.74, 6) is 1.70. The fraction of sp³-hybridized carbons (Fsp3) is 0.208. The predicted octanol–water partition coefficient (Wildman–Crippen LogP) is 3.43. The molecule has 0 saturated heterocycles. The molecule has 3 aromatic carbocycles. The molecule has 0 fully saturated rings. The molecule has 1 aliphatic rings. The van der Waals surface area contributed by atoms with E-state index in [2.05, 4.69) is 60.5 Å². The van der Waals surface area contributed by atoms with Crippen LogP contribution in [0.2, 0.25) is 0 Å². The van der Waals surface area contributed by atoms with Crippen molar-refractivity contribution in [3.05, 3.63) is 94.0 Å². The number of methoxy groups -OCH3 is 2. The minimum absolute atomic E-state index is 0.0502. The van der Waals surface area contributed by atoms with E-state index in [1.807, 2.05) is 24.3 Å². The molecule has 0 N–H and O–H groups in total. The van der Waals surface area contributed by atoms with Gasteiger partial charge in [-0.2, -0.15) is 0 Å². The van der Waals surface area contributed by atoms with Gasteiger partial charge in [-0.3, -0.25) is 4.99 Å². The molecule has 0 atom stereocenters. The summed E-state index contributed by atoms with van der Waals surface area (Å²) in [6.07, 6.45) is 2.22. The molecule has 142 valence electrons. The van der Waals surface area contributed by atoms with Crippen molar-refractivity contribution in [1.29, 1.82) is 0 Å². The maximum Gasteiger partial charge on any atom is 0.118 e. The Morgan fingerprint density at radius 1 is 0.821 bits per heavy atom. The van der Waals surface area contributed by atoms with E-state index < -0.39 is 0 Å². The monoisotopic (exact) mass is 372 g/mol. The molecule has 4 rings (SSSR count). The minimum Gasteiger partial charge on any atom is -0.497 e. The number of fused-ring (bicyclic) bond motifs is 1. The summed E-state index contributed by atoms with van der Waals surface area (Å²) in [5.41, 5.74) is 3.58. The Kier molecular flexibility index (Phi) is 5.02. The first-order valence-electron chi connectivity index (χ1n) is 9.35. The van der Waals surface area contributed by atoms with Crippen LogP contribution in [0.3, 0.4) is 0 Å². The van der Waals surface area contributed by atoms with Gasteiger partial charge in [0, 0.05) is 11.4 Å². The SMILES string of the molecule is COc1ccc(C(c2ccc(OC)cc2)N2C=c3cccc(C)c3=NC2)cc1. The highest BCUT2D eigenvalue weighted by molar-refractivity contribution is 5.41. The van der Waals surface area contributed by atoms with Gasteiger partial charge in [0.1, 0.15) is 18.2 Å². The Morgan fingerprint density at radius 3 is 1.93 bits per heavy atom. The van der Waals surface area contributed by atoms with Crippen LogP contribution < -0.4 is 20.0 Å². The van der Waals surface area contributed by atoms with Crippen LogP contribution in [0.4, 0.5) is 0 Å². The summed E-state index contributed by atoms with van der Waals surface area (Å²) in [4.78, 5) is 7.14. The first-order valence-corrected chi connectivity index (χ1v) is 9.35. The highest BCUT2D eigenvalue weighted by Crippen LogP contribution is 2.31. The van der Waals surface area contributed by atoms with Gasteiger partial charge >= 0.3 is 0 Å². The van der Waals surface area contributed by atoms with E-state index in [-0.39, 0.29) is 6.04 Å². The highest BCUT2D eigenvalue weighted by Gasteiger charge is 2.21. The molecule has 0 amide bonds. The van der Waals surface area contributed by atoms with Gasteiger partial charge in [0.05, 0.1) is 25.6 Å². The van der Waals surface area contributed by atoms with Crippen molar-refractivity contribution in [2.45, 2.75) is 13.0 Å². The Labute approximate surface area is 165 Å². The van der Waals surface area contributed by atoms with Crippen molar-refractivity contribution in [1.82, 2.24) is 4.90 Å². The molecule has 0 aromatic heterocycles. The van der Waals surface area contributed by atoms with Crippen LogP contribution in [0, 0.1) is 6.92 Å². The molecule has 28 heavy (non-hydrogen) atoms. The zero-order valence-electron chi connectivity index (χ0n) is 16.4. The van der Waals surface area contributed by atoms with Crippen LogP contribution in [0.15, 0.2) is 71.7 Å². The third-order valence-electron chi connectivity index (χ3n) is 5.16. The Balaban J connectivity index is 1.80. The Hall–Kier alpha value is -3.27. The van der Waals surface area contributed by atoms with Gasteiger partial charge < -0.3 is 14.4 Å².